The SMILES string of the molecule is O=c1cc(CN2CCN(CCO)CC2)c2cc(O)ccc2o1. The summed E-state index contributed by atoms with van der Waals surface area (Å²) in [6.07, 6.45) is 0. The fraction of sp³-hybridized carbons (Fsp3) is 0.438. The molecule has 0 unspecified atom stereocenters. The maximum atomic E-state index is 11.7. The van der Waals surface area contributed by atoms with E-state index >= 15 is 0 Å². The minimum atomic E-state index is -0.368. The van der Waals surface area contributed by atoms with Crippen molar-refractivity contribution in [3.63, 3.8) is 0 Å². The standard InChI is InChI=1S/C16H20N2O4/c19-8-7-17-3-5-18(6-4-17)11-12-9-16(21)22-15-2-1-13(20)10-14(12)15/h1-2,9-10,19-20H,3-8,11H2. The van der Waals surface area contributed by atoms with Crippen LogP contribution in [0.3, 0.4) is 0 Å². The number of aromatic hydroxyl groups is 1. The minimum Gasteiger partial charge on any atom is -0.508 e. The fourth-order valence-corrected chi connectivity index (χ4v) is 2.90. The molecule has 0 amide bonds. The molecule has 0 bridgehead atoms. The second kappa shape index (κ2) is 6.48. The molecule has 3 rings (SSSR count). The summed E-state index contributed by atoms with van der Waals surface area (Å²) in [6, 6.07) is 6.27. The van der Waals surface area contributed by atoms with Gasteiger partial charge in [0.1, 0.15) is 11.3 Å². The number of β-amino-alcohol motifs (C(OH)–C–C–N with tert-alkyl or cyclic N) is 1. The Morgan fingerprint density at radius 1 is 1.09 bits per heavy atom. The van der Waals surface area contributed by atoms with Gasteiger partial charge >= 0.3 is 5.63 Å². The van der Waals surface area contributed by atoms with Gasteiger partial charge < -0.3 is 14.6 Å². The molecule has 0 atom stereocenters. The first-order chi connectivity index (χ1) is 10.7. The number of nitrogens with zero attached hydrogens (tertiary/aromatic N) is 2. The largest absolute Gasteiger partial charge is 0.508 e. The maximum absolute atomic E-state index is 11.7. The molecule has 2 aromatic rings. The van der Waals surface area contributed by atoms with Crippen molar-refractivity contribution in [3.05, 3.63) is 40.2 Å². The highest BCUT2D eigenvalue weighted by Gasteiger charge is 2.18. The molecule has 6 nitrogen and oxygen atoms in total. The summed E-state index contributed by atoms with van der Waals surface area (Å²) in [5.74, 6) is 0.162. The van der Waals surface area contributed by atoms with Gasteiger partial charge in [-0.25, -0.2) is 4.79 Å². The highest BCUT2D eigenvalue weighted by molar-refractivity contribution is 5.81. The second-order valence-electron chi connectivity index (χ2n) is 5.61. The second-order valence-corrected chi connectivity index (χ2v) is 5.61. The Labute approximate surface area is 128 Å². The van der Waals surface area contributed by atoms with E-state index < -0.39 is 0 Å². The van der Waals surface area contributed by atoms with Crippen LogP contribution < -0.4 is 5.63 Å². The number of piperazine rings is 1. The topological polar surface area (TPSA) is 77.2 Å². The molecule has 2 N–H and O–H groups in total. The third kappa shape index (κ3) is 3.30. The normalized spacial score (nSPS) is 17.1. The number of aliphatic hydroxyl groups excluding tert-OH is 1. The predicted molar refractivity (Wildman–Crippen MR) is 83.0 cm³/mol. The van der Waals surface area contributed by atoms with Crippen LogP contribution >= 0.6 is 0 Å². The van der Waals surface area contributed by atoms with E-state index in [2.05, 4.69) is 9.80 Å². The number of rotatable bonds is 4. The summed E-state index contributed by atoms with van der Waals surface area (Å²) < 4.78 is 5.17. The van der Waals surface area contributed by atoms with E-state index in [9.17, 15) is 9.90 Å². The Balaban J connectivity index is 1.79. The third-order valence-electron chi connectivity index (χ3n) is 4.09. The molecule has 0 radical (unpaired) electrons. The van der Waals surface area contributed by atoms with Crippen molar-refractivity contribution in [3.8, 4) is 5.75 Å². The van der Waals surface area contributed by atoms with Crippen LogP contribution in [-0.2, 0) is 6.54 Å². The van der Waals surface area contributed by atoms with E-state index in [-0.39, 0.29) is 18.0 Å². The van der Waals surface area contributed by atoms with Gasteiger partial charge in [-0.3, -0.25) is 9.80 Å². The van der Waals surface area contributed by atoms with E-state index in [0.717, 1.165) is 37.1 Å². The average Bonchev–Trinajstić information content (AvgIpc) is 2.50. The van der Waals surface area contributed by atoms with Crippen molar-refractivity contribution >= 4 is 11.0 Å². The van der Waals surface area contributed by atoms with Crippen molar-refractivity contribution < 1.29 is 14.6 Å². The van der Waals surface area contributed by atoms with Gasteiger partial charge in [0.2, 0.25) is 0 Å². The molecule has 22 heavy (non-hydrogen) atoms. The van der Waals surface area contributed by atoms with Gasteiger partial charge in [-0.1, -0.05) is 0 Å². The molecule has 2 heterocycles. The highest BCUT2D eigenvalue weighted by atomic mass is 16.4. The smallest absolute Gasteiger partial charge is 0.336 e. The van der Waals surface area contributed by atoms with Gasteiger partial charge in [0, 0.05) is 50.7 Å². The molecule has 0 saturated carbocycles. The molecule has 1 aromatic heterocycles. The fourth-order valence-electron chi connectivity index (χ4n) is 2.90. The Bertz CT molecular complexity index is 705. The van der Waals surface area contributed by atoms with E-state index in [1.807, 2.05) is 0 Å². The lowest BCUT2D eigenvalue weighted by Gasteiger charge is -2.34. The zero-order chi connectivity index (χ0) is 15.5. The third-order valence-corrected chi connectivity index (χ3v) is 4.09. The van der Waals surface area contributed by atoms with E-state index in [0.29, 0.717) is 18.7 Å². The van der Waals surface area contributed by atoms with E-state index in [1.165, 1.54) is 12.1 Å². The summed E-state index contributed by atoms with van der Waals surface area (Å²) >= 11 is 0. The quantitative estimate of drug-likeness (QED) is 0.806. The molecule has 1 aromatic carbocycles. The number of phenolic OH excluding ortho intramolecular Hbond substituents is 1. The van der Waals surface area contributed by atoms with Crippen molar-refractivity contribution in [2.24, 2.45) is 0 Å². The van der Waals surface area contributed by atoms with Crippen molar-refractivity contribution in [1.82, 2.24) is 9.80 Å². The molecule has 0 aliphatic carbocycles. The zero-order valence-electron chi connectivity index (χ0n) is 12.4. The van der Waals surface area contributed by atoms with Crippen LogP contribution in [0.25, 0.3) is 11.0 Å². The Morgan fingerprint density at radius 2 is 1.82 bits per heavy atom. The summed E-state index contributed by atoms with van der Waals surface area (Å²) in [6.45, 7) is 5.14. The molecule has 1 fully saturated rings. The maximum Gasteiger partial charge on any atom is 0.336 e. The minimum absolute atomic E-state index is 0.162. The number of phenols is 1. The van der Waals surface area contributed by atoms with Crippen LogP contribution in [0.5, 0.6) is 5.75 Å². The Kier molecular flexibility index (Phi) is 4.42. The number of hydrogen-bond donors (Lipinski definition) is 2. The molecule has 1 aliphatic rings. The van der Waals surface area contributed by atoms with E-state index in [1.54, 1.807) is 12.1 Å². The molecule has 1 aliphatic heterocycles. The van der Waals surface area contributed by atoms with Gasteiger partial charge in [-0.2, -0.15) is 0 Å². The molecule has 0 spiro atoms. The number of hydrogen-bond acceptors (Lipinski definition) is 6. The monoisotopic (exact) mass is 304 g/mol. The Morgan fingerprint density at radius 3 is 2.55 bits per heavy atom. The zero-order valence-corrected chi connectivity index (χ0v) is 12.4. The van der Waals surface area contributed by atoms with Crippen LogP contribution in [0.1, 0.15) is 5.56 Å². The molecular weight excluding hydrogens is 284 g/mol. The average molecular weight is 304 g/mol. The van der Waals surface area contributed by atoms with Crippen molar-refractivity contribution in [2.45, 2.75) is 6.54 Å². The first-order valence-corrected chi connectivity index (χ1v) is 7.47. The summed E-state index contributed by atoms with van der Waals surface area (Å²) in [4.78, 5) is 16.2. The number of fused-ring (bicyclic) bond motifs is 1. The van der Waals surface area contributed by atoms with Gasteiger partial charge in [-0.05, 0) is 23.8 Å². The van der Waals surface area contributed by atoms with Crippen LogP contribution in [0.15, 0.2) is 33.5 Å². The molecule has 118 valence electrons. The van der Waals surface area contributed by atoms with E-state index in [4.69, 9.17) is 9.52 Å². The molecular formula is C16H20N2O4. The summed E-state index contributed by atoms with van der Waals surface area (Å²) in [5, 5.41) is 19.4. The Hall–Kier alpha value is -1.89. The van der Waals surface area contributed by atoms with Crippen molar-refractivity contribution in [2.75, 3.05) is 39.3 Å². The van der Waals surface area contributed by atoms with Gasteiger partial charge in [0.25, 0.3) is 0 Å². The van der Waals surface area contributed by atoms with Crippen LogP contribution in [0, 0.1) is 0 Å². The number of aliphatic hydroxyl groups is 1. The van der Waals surface area contributed by atoms with Crippen molar-refractivity contribution in [1.29, 1.82) is 0 Å². The first kappa shape index (κ1) is 15.0. The molecule has 1 saturated heterocycles. The van der Waals surface area contributed by atoms with Crippen LogP contribution in [0.4, 0.5) is 0 Å². The van der Waals surface area contributed by atoms with Crippen LogP contribution in [-0.4, -0.2) is 59.3 Å². The number of benzene rings is 1. The predicted octanol–water partition coefficient (Wildman–Crippen LogP) is 0.609. The first-order valence-electron chi connectivity index (χ1n) is 7.47. The van der Waals surface area contributed by atoms with Crippen LogP contribution in [0.2, 0.25) is 0 Å². The lowest BCUT2D eigenvalue weighted by molar-refractivity contribution is 0.108. The highest BCUT2D eigenvalue weighted by Crippen LogP contribution is 2.23. The summed E-state index contributed by atoms with van der Waals surface area (Å²) in [7, 11) is 0. The van der Waals surface area contributed by atoms with Gasteiger partial charge in [-0.15, -0.1) is 0 Å². The molecule has 6 heteroatoms. The summed E-state index contributed by atoms with van der Waals surface area (Å²) in [5.41, 5.74) is 1.00. The van der Waals surface area contributed by atoms with Gasteiger partial charge in [0.05, 0.1) is 6.61 Å². The lowest BCUT2D eigenvalue weighted by Crippen LogP contribution is -2.46. The van der Waals surface area contributed by atoms with Gasteiger partial charge in [0.15, 0.2) is 0 Å². The lowest BCUT2D eigenvalue weighted by atomic mass is 10.1.